The number of aromatic nitrogens is 2. The summed E-state index contributed by atoms with van der Waals surface area (Å²) in [6.07, 6.45) is 4.27. The van der Waals surface area contributed by atoms with Crippen LogP contribution in [0.25, 0.3) is 11.5 Å². The molecule has 2 aromatic rings. The second kappa shape index (κ2) is 6.46. The molecular formula is C16H21N3O3. The van der Waals surface area contributed by atoms with Gasteiger partial charge >= 0.3 is 0 Å². The lowest BCUT2D eigenvalue weighted by atomic mass is 9.99. The molecule has 0 radical (unpaired) electrons. The summed E-state index contributed by atoms with van der Waals surface area (Å²) >= 11 is 0. The molecule has 3 rings (SSSR count). The molecule has 118 valence electrons. The SMILES string of the molecule is COc1ccc(-c2nnc(CNC3(CO)CCCC3)o2)cc1. The maximum absolute atomic E-state index is 9.59. The van der Waals surface area contributed by atoms with Crippen LogP contribution in [0.2, 0.25) is 0 Å². The molecule has 1 aromatic heterocycles. The van der Waals surface area contributed by atoms with Gasteiger partial charge in [0.25, 0.3) is 0 Å². The Balaban J connectivity index is 1.65. The molecule has 0 atom stereocenters. The van der Waals surface area contributed by atoms with Gasteiger partial charge in [0.2, 0.25) is 11.8 Å². The zero-order valence-electron chi connectivity index (χ0n) is 12.7. The Morgan fingerprint density at radius 2 is 1.95 bits per heavy atom. The minimum absolute atomic E-state index is 0.145. The normalized spacial score (nSPS) is 16.8. The van der Waals surface area contributed by atoms with Gasteiger partial charge in [-0.2, -0.15) is 0 Å². The highest BCUT2D eigenvalue weighted by molar-refractivity contribution is 5.53. The van der Waals surface area contributed by atoms with E-state index in [0.717, 1.165) is 37.0 Å². The molecule has 0 bridgehead atoms. The van der Waals surface area contributed by atoms with Crippen LogP contribution in [0.3, 0.4) is 0 Å². The topological polar surface area (TPSA) is 80.4 Å². The van der Waals surface area contributed by atoms with Crippen molar-refractivity contribution in [2.45, 2.75) is 37.8 Å². The van der Waals surface area contributed by atoms with Gasteiger partial charge in [-0.1, -0.05) is 12.8 Å². The van der Waals surface area contributed by atoms with E-state index in [-0.39, 0.29) is 12.1 Å². The first-order valence-electron chi connectivity index (χ1n) is 7.57. The van der Waals surface area contributed by atoms with Gasteiger partial charge in [0.05, 0.1) is 20.3 Å². The minimum Gasteiger partial charge on any atom is -0.497 e. The lowest BCUT2D eigenvalue weighted by molar-refractivity contribution is 0.159. The average molecular weight is 303 g/mol. The molecule has 1 saturated carbocycles. The van der Waals surface area contributed by atoms with E-state index >= 15 is 0 Å². The van der Waals surface area contributed by atoms with Crippen molar-refractivity contribution in [3.05, 3.63) is 30.2 Å². The third kappa shape index (κ3) is 3.13. The second-order valence-electron chi connectivity index (χ2n) is 5.73. The van der Waals surface area contributed by atoms with Crippen molar-refractivity contribution in [2.75, 3.05) is 13.7 Å². The van der Waals surface area contributed by atoms with Crippen LogP contribution in [-0.2, 0) is 6.54 Å². The molecule has 1 aliphatic carbocycles. The maximum Gasteiger partial charge on any atom is 0.247 e. The van der Waals surface area contributed by atoms with E-state index in [2.05, 4.69) is 15.5 Å². The fourth-order valence-electron chi connectivity index (χ4n) is 2.88. The lowest BCUT2D eigenvalue weighted by Gasteiger charge is -2.27. The number of hydrogen-bond donors (Lipinski definition) is 2. The van der Waals surface area contributed by atoms with Crippen molar-refractivity contribution < 1.29 is 14.3 Å². The van der Waals surface area contributed by atoms with E-state index < -0.39 is 0 Å². The second-order valence-corrected chi connectivity index (χ2v) is 5.73. The van der Waals surface area contributed by atoms with Gasteiger partial charge in [0.15, 0.2) is 0 Å². The summed E-state index contributed by atoms with van der Waals surface area (Å²) in [6, 6.07) is 7.49. The van der Waals surface area contributed by atoms with Crippen LogP contribution in [0.15, 0.2) is 28.7 Å². The standard InChI is InChI=1S/C16H21N3O3/c1-21-13-6-4-12(5-7-13)15-19-18-14(22-15)10-17-16(11-20)8-2-3-9-16/h4-7,17,20H,2-3,8-11H2,1H3. The van der Waals surface area contributed by atoms with Gasteiger partial charge in [-0.3, -0.25) is 0 Å². The molecular weight excluding hydrogens is 282 g/mol. The Kier molecular flexibility index (Phi) is 4.40. The molecule has 0 unspecified atom stereocenters. The molecule has 0 amide bonds. The Labute approximate surface area is 129 Å². The van der Waals surface area contributed by atoms with Crippen molar-refractivity contribution in [1.29, 1.82) is 0 Å². The van der Waals surface area contributed by atoms with Crippen molar-refractivity contribution in [2.24, 2.45) is 0 Å². The van der Waals surface area contributed by atoms with E-state index in [1.54, 1.807) is 7.11 Å². The van der Waals surface area contributed by atoms with Crippen LogP contribution < -0.4 is 10.1 Å². The summed E-state index contributed by atoms with van der Waals surface area (Å²) in [6.45, 7) is 0.621. The molecule has 6 nitrogen and oxygen atoms in total. The number of nitrogens with one attached hydrogen (secondary N) is 1. The highest BCUT2D eigenvalue weighted by Gasteiger charge is 2.32. The van der Waals surface area contributed by atoms with Crippen LogP contribution in [-0.4, -0.2) is 34.6 Å². The number of methoxy groups -OCH3 is 1. The highest BCUT2D eigenvalue weighted by Crippen LogP contribution is 2.29. The van der Waals surface area contributed by atoms with Crippen LogP contribution in [0.1, 0.15) is 31.6 Å². The molecule has 1 heterocycles. The minimum atomic E-state index is -0.186. The quantitative estimate of drug-likeness (QED) is 0.851. The van der Waals surface area contributed by atoms with Crippen molar-refractivity contribution >= 4 is 0 Å². The Morgan fingerprint density at radius 1 is 1.23 bits per heavy atom. The summed E-state index contributed by atoms with van der Waals surface area (Å²) in [7, 11) is 1.63. The number of aliphatic hydroxyl groups excluding tert-OH is 1. The number of benzene rings is 1. The number of rotatable bonds is 6. The predicted molar refractivity (Wildman–Crippen MR) is 81.4 cm³/mol. The zero-order chi connectivity index (χ0) is 15.4. The first kappa shape index (κ1) is 15.0. The van der Waals surface area contributed by atoms with Crippen LogP contribution >= 0.6 is 0 Å². The molecule has 0 spiro atoms. The molecule has 22 heavy (non-hydrogen) atoms. The van der Waals surface area contributed by atoms with E-state index in [9.17, 15) is 5.11 Å². The third-order valence-electron chi connectivity index (χ3n) is 4.28. The molecule has 1 aliphatic rings. The number of ether oxygens (including phenoxy) is 1. The summed E-state index contributed by atoms with van der Waals surface area (Å²) in [5.41, 5.74) is 0.673. The van der Waals surface area contributed by atoms with Gasteiger partial charge in [0.1, 0.15) is 5.75 Å². The summed E-state index contributed by atoms with van der Waals surface area (Å²) in [5, 5.41) is 21.1. The van der Waals surface area contributed by atoms with E-state index in [1.807, 2.05) is 24.3 Å². The maximum atomic E-state index is 9.59. The monoisotopic (exact) mass is 303 g/mol. The Hall–Kier alpha value is -1.92. The Bertz CT molecular complexity index is 603. The van der Waals surface area contributed by atoms with Crippen molar-refractivity contribution in [1.82, 2.24) is 15.5 Å². The summed E-state index contributed by atoms with van der Waals surface area (Å²) in [5.74, 6) is 1.81. The van der Waals surface area contributed by atoms with Crippen LogP contribution in [0, 0.1) is 0 Å². The molecule has 1 fully saturated rings. The summed E-state index contributed by atoms with van der Waals surface area (Å²) in [4.78, 5) is 0. The molecule has 0 saturated heterocycles. The average Bonchev–Trinajstić information content (AvgIpc) is 3.23. The fourth-order valence-corrected chi connectivity index (χ4v) is 2.88. The fraction of sp³-hybridized carbons (Fsp3) is 0.500. The van der Waals surface area contributed by atoms with E-state index in [4.69, 9.17) is 9.15 Å². The highest BCUT2D eigenvalue weighted by atomic mass is 16.5. The predicted octanol–water partition coefficient (Wildman–Crippen LogP) is 2.14. The number of hydrogen-bond acceptors (Lipinski definition) is 6. The van der Waals surface area contributed by atoms with Gasteiger partial charge in [-0.15, -0.1) is 10.2 Å². The number of nitrogens with zero attached hydrogens (tertiary/aromatic N) is 2. The Morgan fingerprint density at radius 3 is 2.59 bits per heavy atom. The van der Waals surface area contributed by atoms with Gasteiger partial charge in [0, 0.05) is 11.1 Å². The van der Waals surface area contributed by atoms with Crippen LogP contribution in [0.5, 0.6) is 5.75 Å². The van der Waals surface area contributed by atoms with Crippen molar-refractivity contribution in [3.63, 3.8) is 0 Å². The largest absolute Gasteiger partial charge is 0.497 e. The molecule has 6 heteroatoms. The van der Waals surface area contributed by atoms with Crippen LogP contribution in [0.4, 0.5) is 0 Å². The third-order valence-corrected chi connectivity index (χ3v) is 4.28. The summed E-state index contributed by atoms with van der Waals surface area (Å²) < 4.78 is 10.8. The van der Waals surface area contributed by atoms with Gasteiger partial charge in [-0.25, -0.2) is 0 Å². The van der Waals surface area contributed by atoms with E-state index in [1.165, 1.54) is 0 Å². The smallest absolute Gasteiger partial charge is 0.247 e. The lowest BCUT2D eigenvalue weighted by Crippen LogP contribution is -2.45. The van der Waals surface area contributed by atoms with Gasteiger partial charge < -0.3 is 19.6 Å². The molecule has 0 aliphatic heterocycles. The molecule has 2 N–H and O–H groups in total. The first-order valence-corrected chi connectivity index (χ1v) is 7.57. The number of aliphatic hydroxyl groups is 1. The first-order chi connectivity index (χ1) is 10.7. The molecule has 1 aromatic carbocycles. The van der Waals surface area contributed by atoms with Crippen molar-refractivity contribution in [3.8, 4) is 17.2 Å². The zero-order valence-corrected chi connectivity index (χ0v) is 12.7. The van der Waals surface area contributed by atoms with Gasteiger partial charge in [-0.05, 0) is 37.1 Å². The van der Waals surface area contributed by atoms with E-state index in [0.29, 0.717) is 18.3 Å².